The molecule has 0 radical (unpaired) electrons. The second-order valence-electron chi connectivity index (χ2n) is 6.22. The summed E-state index contributed by atoms with van der Waals surface area (Å²) in [6, 6.07) is 10.6. The van der Waals surface area contributed by atoms with E-state index >= 15 is 0 Å². The van der Waals surface area contributed by atoms with Gasteiger partial charge >= 0.3 is 0 Å². The molecule has 0 aliphatic carbocycles. The molecule has 0 fully saturated rings. The predicted molar refractivity (Wildman–Crippen MR) is 96.2 cm³/mol. The minimum atomic E-state index is -3.75. The quantitative estimate of drug-likeness (QED) is 0.688. The molecule has 1 aromatic heterocycles. The first-order valence-corrected chi connectivity index (χ1v) is 9.81. The first-order chi connectivity index (χ1) is 12.9. The second kappa shape index (κ2) is 6.79. The van der Waals surface area contributed by atoms with Gasteiger partial charge in [0.2, 0.25) is 10.0 Å². The van der Waals surface area contributed by atoms with Gasteiger partial charge in [0.25, 0.3) is 0 Å². The fourth-order valence-corrected chi connectivity index (χ4v) is 4.39. The smallest absolute Gasteiger partial charge is 0.243 e. The second-order valence-corrected chi connectivity index (χ2v) is 8.15. The molecule has 0 atom stereocenters. The van der Waals surface area contributed by atoms with Crippen molar-refractivity contribution in [1.29, 1.82) is 0 Å². The van der Waals surface area contributed by atoms with Crippen molar-refractivity contribution in [2.24, 2.45) is 0 Å². The van der Waals surface area contributed by atoms with Gasteiger partial charge in [-0.15, -0.1) is 0 Å². The highest BCUT2D eigenvalue weighted by molar-refractivity contribution is 7.89. The van der Waals surface area contributed by atoms with Crippen LogP contribution in [0.2, 0.25) is 0 Å². The zero-order valence-corrected chi connectivity index (χ0v) is 15.4. The summed E-state index contributed by atoms with van der Waals surface area (Å²) in [5.41, 5.74) is 1.91. The van der Waals surface area contributed by atoms with E-state index in [2.05, 4.69) is 4.98 Å². The average molecular weight is 388 g/mol. The minimum Gasteiger partial charge on any atom is -0.492 e. The van der Waals surface area contributed by atoms with Crippen molar-refractivity contribution >= 4 is 10.0 Å². The average Bonchev–Trinajstić information content (AvgIpc) is 2.97. The number of sulfonamides is 1. The van der Waals surface area contributed by atoms with E-state index in [4.69, 9.17) is 9.15 Å². The van der Waals surface area contributed by atoms with Gasteiger partial charge in [-0.3, -0.25) is 0 Å². The van der Waals surface area contributed by atoms with Crippen LogP contribution in [0.25, 0.3) is 11.3 Å². The van der Waals surface area contributed by atoms with Crippen molar-refractivity contribution in [2.45, 2.75) is 18.4 Å². The van der Waals surface area contributed by atoms with Crippen molar-refractivity contribution < 1.29 is 22.0 Å². The lowest BCUT2D eigenvalue weighted by molar-refractivity contribution is 0.293. The van der Waals surface area contributed by atoms with Crippen LogP contribution >= 0.6 is 0 Å². The van der Waals surface area contributed by atoms with Gasteiger partial charge in [-0.2, -0.15) is 4.31 Å². The van der Waals surface area contributed by atoms with E-state index < -0.39 is 15.8 Å². The molecular formula is C19H17FN2O4S. The third kappa shape index (κ3) is 3.45. The highest BCUT2D eigenvalue weighted by Gasteiger charge is 2.28. The summed E-state index contributed by atoms with van der Waals surface area (Å²) in [6.45, 7) is 2.18. The number of oxazole rings is 1. The van der Waals surface area contributed by atoms with Crippen LogP contribution in [-0.2, 0) is 16.6 Å². The van der Waals surface area contributed by atoms with Gasteiger partial charge in [-0.1, -0.05) is 12.1 Å². The Morgan fingerprint density at radius 3 is 2.63 bits per heavy atom. The molecule has 0 unspecified atom stereocenters. The highest BCUT2D eigenvalue weighted by atomic mass is 32.2. The summed E-state index contributed by atoms with van der Waals surface area (Å²) in [5.74, 6) is 0.617. The topological polar surface area (TPSA) is 72.6 Å². The third-order valence-electron chi connectivity index (χ3n) is 4.37. The Morgan fingerprint density at radius 2 is 1.93 bits per heavy atom. The molecule has 8 heteroatoms. The summed E-state index contributed by atoms with van der Waals surface area (Å²) in [6.07, 6.45) is 1.52. The van der Waals surface area contributed by atoms with Crippen LogP contribution in [0.4, 0.5) is 4.39 Å². The number of aryl methyl sites for hydroxylation is 1. The number of hydrogen-bond donors (Lipinski definition) is 0. The molecule has 0 amide bonds. The fraction of sp³-hybridized carbons (Fsp3) is 0.211. The third-order valence-corrected chi connectivity index (χ3v) is 6.23. The summed E-state index contributed by atoms with van der Waals surface area (Å²) in [4.78, 5) is 4.39. The molecule has 1 aliphatic heterocycles. The molecule has 0 N–H and O–H groups in total. The number of halogens is 1. The van der Waals surface area contributed by atoms with Gasteiger partial charge in [-0.25, -0.2) is 17.8 Å². The van der Waals surface area contributed by atoms with Crippen molar-refractivity contribution in [3.63, 3.8) is 0 Å². The minimum absolute atomic E-state index is 0.0552. The number of fused-ring (bicyclic) bond motifs is 1. The summed E-state index contributed by atoms with van der Waals surface area (Å²) >= 11 is 0. The summed E-state index contributed by atoms with van der Waals surface area (Å²) in [5, 5.41) is 0. The number of rotatable bonds is 3. The van der Waals surface area contributed by atoms with Crippen LogP contribution in [-0.4, -0.2) is 30.9 Å². The lowest BCUT2D eigenvalue weighted by Gasteiger charge is -2.19. The lowest BCUT2D eigenvalue weighted by Crippen LogP contribution is -2.32. The molecular weight excluding hydrogens is 371 g/mol. The maximum Gasteiger partial charge on any atom is 0.243 e. The number of hydrogen-bond acceptors (Lipinski definition) is 5. The Bertz CT molecular complexity index is 1080. The van der Waals surface area contributed by atoms with Gasteiger partial charge in [-0.05, 0) is 30.3 Å². The number of aromatic nitrogens is 1. The molecule has 2 aromatic carbocycles. The molecule has 27 heavy (non-hydrogen) atoms. The van der Waals surface area contributed by atoms with Gasteiger partial charge in [0.1, 0.15) is 30.1 Å². The van der Waals surface area contributed by atoms with E-state index in [0.717, 1.165) is 5.56 Å². The van der Waals surface area contributed by atoms with E-state index in [0.29, 0.717) is 22.9 Å². The normalized spacial score (nSPS) is 15.0. The van der Waals surface area contributed by atoms with Crippen molar-refractivity contribution in [2.75, 3.05) is 13.2 Å². The zero-order chi connectivity index (χ0) is 19.0. The van der Waals surface area contributed by atoms with Gasteiger partial charge in [0, 0.05) is 31.1 Å². The molecule has 0 bridgehead atoms. The van der Waals surface area contributed by atoms with E-state index in [1.54, 1.807) is 19.1 Å². The molecule has 3 aromatic rings. The van der Waals surface area contributed by atoms with Gasteiger partial charge < -0.3 is 9.15 Å². The Labute approximate surface area is 156 Å². The van der Waals surface area contributed by atoms with Crippen LogP contribution in [0.1, 0.15) is 11.5 Å². The van der Waals surface area contributed by atoms with Gasteiger partial charge in [0.15, 0.2) is 5.89 Å². The highest BCUT2D eigenvalue weighted by Crippen LogP contribution is 2.28. The van der Waals surface area contributed by atoms with E-state index in [-0.39, 0.29) is 24.6 Å². The van der Waals surface area contributed by atoms with E-state index in [9.17, 15) is 12.8 Å². The lowest BCUT2D eigenvalue weighted by atomic mass is 10.2. The largest absolute Gasteiger partial charge is 0.492 e. The summed E-state index contributed by atoms with van der Waals surface area (Å²) in [7, 11) is -3.75. The standard InChI is InChI=1S/C19H17FN2O4S/c1-13-21-18(12-26-13)14-2-5-17(6-3-14)27(23,24)22-8-9-25-19-7-4-16(20)10-15(19)11-22/h2-7,10,12H,8-9,11H2,1H3. The molecule has 1 aliphatic rings. The van der Waals surface area contributed by atoms with Crippen molar-refractivity contribution in [1.82, 2.24) is 9.29 Å². The summed E-state index contributed by atoms with van der Waals surface area (Å²) < 4.78 is 51.6. The first kappa shape index (κ1) is 17.7. The molecule has 4 rings (SSSR count). The monoisotopic (exact) mass is 388 g/mol. The zero-order valence-electron chi connectivity index (χ0n) is 14.6. The van der Waals surface area contributed by atoms with E-state index in [1.165, 1.54) is 40.9 Å². The van der Waals surface area contributed by atoms with Crippen LogP contribution in [0, 0.1) is 12.7 Å². The van der Waals surface area contributed by atoms with Crippen LogP contribution < -0.4 is 4.74 Å². The van der Waals surface area contributed by atoms with Crippen molar-refractivity contribution in [3.8, 4) is 17.0 Å². The Morgan fingerprint density at radius 1 is 1.15 bits per heavy atom. The molecule has 140 valence electrons. The maximum absolute atomic E-state index is 13.5. The molecule has 0 saturated heterocycles. The van der Waals surface area contributed by atoms with Crippen LogP contribution in [0.5, 0.6) is 5.75 Å². The molecule has 6 nitrogen and oxygen atoms in total. The van der Waals surface area contributed by atoms with Crippen LogP contribution in [0.15, 0.2) is 58.0 Å². The predicted octanol–water partition coefficient (Wildman–Crippen LogP) is 3.37. The fourth-order valence-electron chi connectivity index (χ4n) is 2.99. The molecule has 0 saturated carbocycles. The van der Waals surface area contributed by atoms with E-state index in [1.807, 2.05) is 0 Å². The molecule has 0 spiro atoms. The Balaban J connectivity index is 1.62. The van der Waals surface area contributed by atoms with Crippen molar-refractivity contribution in [3.05, 3.63) is 66.0 Å². The number of benzene rings is 2. The Kier molecular flexibility index (Phi) is 4.45. The maximum atomic E-state index is 13.5. The number of nitrogens with zero attached hydrogens (tertiary/aromatic N) is 2. The molecule has 2 heterocycles. The Hall–Kier alpha value is -2.71. The first-order valence-electron chi connectivity index (χ1n) is 8.37. The van der Waals surface area contributed by atoms with Crippen LogP contribution in [0.3, 0.4) is 0 Å². The van der Waals surface area contributed by atoms with Gasteiger partial charge in [0.05, 0.1) is 4.90 Å². The number of ether oxygens (including phenoxy) is 1. The SMILES string of the molecule is Cc1nc(-c2ccc(S(=O)(=O)N3CCOc4ccc(F)cc4C3)cc2)co1.